The van der Waals surface area contributed by atoms with E-state index >= 15 is 0 Å². The van der Waals surface area contributed by atoms with Crippen molar-refractivity contribution in [3.05, 3.63) is 29.2 Å². The Bertz CT molecular complexity index is 604. The van der Waals surface area contributed by atoms with Crippen molar-refractivity contribution in [3.63, 3.8) is 0 Å². The van der Waals surface area contributed by atoms with Crippen molar-refractivity contribution in [2.75, 3.05) is 7.11 Å². The normalized spacial score (nSPS) is 17.1. The van der Waals surface area contributed by atoms with Crippen LogP contribution in [0.1, 0.15) is 18.7 Å². The fourth-order valence-corrected chi connectivity index (χ4v) is 2.05. The van der Waals surface area contributed by atoms with E-state index in [4.69, 9.17) is 16.3 Å². The van der Waals surface area contributed by atoms with Crippen LogP contribution in [-0.2, 0) is 14.9 Å². The van der Waals surface area contributed by atoms with Gasteiger partial charge in [-0.15, -0.1) is 0 Å². The van der Waals surface area contributed by atoms with E-state index in [2.05, 4.69) is 10.1 Å². The number of ether oxygens (including phenoxy) is 1. The van der Waals surface area contributed by atoms with E-state index in [-0.39, 0.29) is 5.97 Å². The molecule has 0 spiro atoms. The largest absolute Gasteiger partial charge is 0.468 e. The van der Waals surface area contributed by atoms with E-state index in [1.54, 1.807) is 22.8 Å². The number of esters is 1. The van der Waals surface area contributed by atoms with E-state index in [0.29, 0.717) is 16.5 Å². The van der Waals surface area contributed by atoms with Gasteiger partial charge in [0.1, 0.15) is 5.41 Å². The predicted molar refractivity (Wildman–Crippen MR) is 60.9 cm³/mol. The molecule has 0 amide bonds. The van der Waals surface area contributed by atoms with Crippen LogP contribution in [-0.4, -0.2) is 27.7 Å². The van der Waals surface area contributed by atoms with Crippen LogP contribution in [0.4, 0.5) is 0 Å². The van der Waals surface area contributed by atoms with E-state index < -0.39 is 5.41 Å². The summed E-state index contributed by atoms with van der Waals surface area (Å²) in [6.07, 6.45) is 3.20. The van der Waals surface area contributed by atoms with Crippen molar-refractivity contribution >= 4 is 23.2 Å². The Balaban J connectivity index is 2.10. The molecular weight excluding hydrogens is 242 g/mol. The van der Waals surface area contributed by atoms with Gasteiger partial charge in [0.05, 0.1) is 7.11 Å². The maximum Gasteiger partial charge on any atom is 0.319 e. The fraction of sp³-hybridized carbons (Fsp3) is 0.364. The lowest BCUT2D eigenvalue weighted by Crippen LogP contribution is -2.23. The van der Waals surface area contributed by atoms with Gasteiger partial charge in [0.15, 0.2) is 11.5 Å². The molecule has 1 saturated carbocycles. The Morgan fingerprint density at radius 2 is 2.35 bits per heavy atom. The van der Waals surface area contributed by atoms with Crippen LogP contribution in [0.15, 0.2) is 18.3 Å². The summed E-state index contributed by atoms with van der Waals surface area (Å²) in [6.45, 7) is 0. The lowest BCUT2D eigenvalue weighted by molar-refractivity contribution is -0.143. The van der Waals surface area contributed by atoms with Crippen molar-refractivity contribution in [1.82, 2.24) is 14.6 Å². The van der Waals surface area contributed by atoms with Gasteiger partial charge in [0, 0.05) is 17.3 Å². The molecular formula is C11H10ClN3O2. The molecule has 0 radical (unpaired) electrons. The van der Waals surface area contributed by atoms with Gasteiger partial charge in [0.2, 0.25) is 0 Å². The SMILES string of the molecule is COC(=O)C1(c2nc3cc(Cl)ccn3n2)CC1. The summed E-state index contributed by atoms with van der Waals surface area (Å²) in [5.41, 5.74) is 0.00967. The van der Waals surface area contributed by atoms with Gasteiger partial charge in [-0.25, -0.2) is 9.50 Å². The highest BCUT2D eigenvalue weighted by Gasteiger charge is 2.56. The molecule has 5 nitrogen and oxygen atoms in total. The van der Waals surface area contributed by atoms with Gasteiger partial charge < -0.3 is 4.74 Å². The minimum atomic E-state index is -0.632. The molecule has 0 aromatic carbocycles. The van der Waals surface area contributed by atoms with Crippen LogP contribution < -0.4 is 0 Å². The highest BCUT2D eigenvalue weighted by atomic mass is 35.5. The first-order chi connectivity index (χ1) is 8.15. The van der Waals surface area contributed by atoms with Crippen LogP contribution in [0.3, 0.4) is 0 Å². The van der Waals surface area contributed by atoms with E-state index in [9.17, 15) is 4.79 Å². The molecule has 0 bridgehead atoms. The van der Waals surface area contributed by atoms with Gasteiger partial charge in [-0.2, -0.15) is 5.10 Å². The number of hydrogen-bond acceptors (Lipinski definition) is 4. The average Bonchev–Trinajstić information content (AvgIpc) is 3.03. The minimum Gasteiger partial charge on any atom is -0.468 e. The number of fused-ring (bicyclic) bond motifs is 1. The second-order valence-electron chi connectivity index (χ2n) is 4.16. The number of pyridine rings is 1. The predicted octanol–water partition coefficient (Wildman–Crippen LogP) is 1.59. The van der Waals surface area contributed by atoms with Crippen molar-refractivity contribution in [3.8, 4) is 0 Å². The first-order valence-corrected chi connectivity index (χ1v) is 5.64. The summed E-state index contributed by atoms with van der Waals surface area (Å²) in [5.74, 6) is 0.256. The first kappa shape index (κ1) is 10.5. The quantitative estimate of drug-likeness (QED) is 0.761. The Morgan fingerprint density at radius 3 is 3.00 bits per heavy atom. The highest BCUT2D eigenvalue weighted by Crippen LogP contribution is 2.47. The van der Waals surface area contributed by atoms with Gasteiger partial charge in [-0.3, -0.25) is 4.79 Å². The van der Waals surface area contributed by atoms with Gasteiger partial charge in [-0.1, -0.05) is 11.6 Å². The average molecular weight is 252 g/mol. The molecule has 6 heteroatoms. The molecule has 2 aromatic rings. The van der Waals surface area contributed by atoms with Crippen LogP contribution in [0.25, 0.3) is 5.65 Å². The first-order valence-electron chi connectivity index (χ1n) is 5.26. The summed E-state index contributed by atoms with van der Waals surface area (Å²) < 4.78 is 6.41. The Morgan fingerprint density at radius 1 is 1.59 bits per heavy atom. The number of aromatic nitrogens is 3. The number of hydrogen-bond donors (Lipinski definition) is 0. The van der Waals surface area contributed by atoms with Gasteiger partial charge in [-0.05, 0) is 18.9 Å². The molecule has 1 aliphatic rings. The molecule has 2 aromatic heterocycles. The van der Waals surface area contributed by atoms with Crippen LogP contribution in [0.2, 0.25) is 5.02 Å². The van der Waals surface area contributed by atoms with Gasteiger partial charge >= 0.3 is 5.97 Å². The Hall–Kier alpha value is -1.62. The summed E-state index contributed by atoms with van der Waals surface area (Å²) in [4.78, 5) is 16.0. The third kappa shape index (κ3) is 1.50. The van der Waals surface area contributed by atoms with Crippen molar-refractivity contribution < 1.29 is 9.53 Å². The number of halogens is 1. The fourth-order valence-electron chi connectivity index (χ4n) is 1.90. The standard InChI is InChI=1S/C11H10ClN3O2/c1-17-10(16)11(3-4-11)9-13-8-6-7(12)2-5-15(8)14-9/h2,5-6H,3-4H2,1H3. The smallest absolute Gasteiger partial charge is 0.319 e. The number of nitrogens with zero attached hydrogens (tertiary/aromatic N) is 3. The lowest BCUT2D eigenvalue weighted by Gasteiger charge is -2.06. The third-order valence-corrected chi connectivity index (χ3v) is 3.29. The molecule has 1 fully saturated rings. The molecule has 17 heavy (non-hydrogen) atoms. The summed E-state index contributed by atoms with van der Waals surface area (Å²) in [7, 11) is 1.38. The number of carbonyl (C=O) groups excluding carboxylic acids is 1. The third-order valence-electron chi connectivity index (χ3n) is 3.05. The zero-order chi connectivity index (χ0) is 12.0. The second kappa shape index (κ2) is 3.43. The minimum absolute atomic E-state index is 0.264. The molecule has 2 heterocycles. The lowest BCUT2D eigenvalue weighted by atomic mass is 10.1. The van der Waals surface area contributed by atoms with Crippen LogP contribution in [0.5, 0.6) is 0 Å². The molecule has 0 atom stereocenters. The Kier molecular flexibility index (Phi) is 2.13. The molecule has 1 aliphatic carbocycles. The van der Waals surface area contributed by atoms with Crippen molar-refractivity contribution in [2.24, 2.45) is 0 Å². The van der Waals surface area contributed by atoms with Crippen molar-refractivity contribution in [1.29, 1.82) is 0 Å². The van der Waals surface area contributed by atoms with E-state index in [0.717, 1.165) is 12.8 Å². The topological polar surface area (TPSA) is 56.5 Å². The van der Waals surface area contributed by atoms with Crippen LogP contribution >= 0.6 is 11.6 Å². The maximum absolute atomic E-state index is 11.7. The van der Waals surface area contributed by atoms with Crippen LogP contribution in [0, 0.1) is 0 Å². The molecule has 0 N–H and O–H groups in total. The highest BCUT2D eigenvalue weighted by molar-refractivity contribution is 6.30. The second-order valence-corrected chi connectivity index (χ2v) is 4.59. The monoisotopic (exact) mass is 251 g/mol. The van der Waals surface area contributed by atoms with Crippen molar-refractivity contribution in [2.45, 2.75) is 18.3 Å². The maximum atomic E-state index is 11.7. The molecule has 0 saturated heterocycles. The summed E-state index contributed by atoms with van der Waals surface area (Å²) in [5, 5.41) is 4.90. The van der Waals surface area contributed by atoms with E-state index in [1.165, 1.54) is 7.11 Å². The number of carbonyl (C=O) groups is 1. The van der Waals surface area contributed by atoms with E-state index in [1.807, 2.05) is 0 Å². The molecule has 0 unspecified atom stereocenters. The Labute approximate surface area is 102 Å². The summed E-state index contributed by atoms with van der Waals surface area (Å²) in [6, 6.07) is 3.44. The molecule has 0 aliphatic heterocycles. The zero-order valence-electron chi connectivity index (χ0n) is 9.18. The zero-order valence-corrected chi connectivity index (χ0v) is 9.94. The molecule has 88 valence electrons. The van der Waals surface area contributed by atoms with Gasteiger partial charge in [0.25, 0.3) is 0 Å². The number of rotatable bonds is 2. The molecule has 3 rings (SSSR count). The summed E-state index contributed by atoms with van der Waals surface area (Å²) >= 11 is 5.87. The number of methoxy groups -OCH3 is 1.